The van der Waals surface area contributed by atoms with E-state index in [0.29, 0.717) is 6.04 Å². The summed E-state index contributed by atoms with van der Waals surface area (Å²) < 4.78 is 2.20. The summed E-state index contributed by atoms with van der Waals surface area (Å²) in [5.74, 6) is 2.08. The van der Waals surface area contributed by atoms with E-state index in [1.54, 1.807) is 0 Å². The van der Waals surface area contributed by atoms with E-state index in [4.69, 9.17) is 4.99 Å². The number of rotatable bonds is 8. The number of nitrogens with zero attached hydrogens (tertiary/aromatic N) is 3. The number of nitrogens with one attached hydrogen (secondary N) is 2. The van der Waals surface area contributed by atoms with E-state index in [9.17, 15) is 0 Å². The van der Waals surface area contributed by atoms with E-state index < -0.39 is 0 Å². The molecule has 1 aromatic rings. The molecule has 6 heteroatoms. The number of aliphatic imine (C=N–C) groups is 1. The molecule has 0 aliphatic heterocycles. The van der Waals surface area contributed by atoms with Gasteiger partial charge in [0.1, 0.15) is 5.82 Å². The van der Waals surface area contributed by atoms with Crippen molar-refractivity contribution in [3.05, 3.63) is 18.2 Å². The van der Waals surface area contributed by atoms with Crippen LogP contribution >= 0.6 is 11.8 Å². The Morgan fingerprint density at radius 2 is 2.30 bits per heavy atom. The zero-order valence-electron chi connectivity index (χ0n) is 14.7. The zero-order valence-corrected chi connectivity index (χ0v) is 15.5. The molecule has 1 heterocycles. The highest BCUT2D eigenvalue weighted by Gasteiger charge is 2.24. The lowest BCUT2D eigenvalue weighted by atomic mass is 10.2. The topological polar surface area (TPSA) is 54.2 Å². The average Bonchev–Trinajstić information content (AvgIpc) is 3.16. The monoisotopic (exact) mass is 337 g/mol. The van der Waals surface area contributed by atoms with Gasteiger partial charge in [-0.3, -0.25) is 4.99 Å². The summed E-state index contributed by atoms with van der Waals surface area (Å²) in [6, 6.07) is 0.582. The molecule has 0 bridgehead atoms. The first-order valence-corrected chi connectivity index (χ1v) is 10.1. The third-order valence-electron chi connectivity index (χ3n) is 4.40. The first-order chi connectivity index (χ1) is 11.2. The maximum absolute atomic E-state index is 4.73. The van der Waals surface area contributed by atoms with Crippen LogP contribution in [0.4, 0.5) is 0 Å². The van der Waals surface area contributed by atoms with Gasteiger partial charge >= 0.3 is 0 Å². The summed E-state index contributed by atoms with van der Waals surface area (Å²) in [4.78, 5) is 8.98. The standard InChI is InChI=1S/C17H31N5S/c1-4-18-17(21-15-7-8-16(13-15)23-3)20-9-5-6-11-22-12-10-19-14(22)2/h10,12,15-16H,4-9,11,13H2,1-3H3,(H2,18,20,21). The van der Waals surface area contributed by atoms with Gasteiger partial charge < -0.3 is 15.2 Å². The van der Waals surface area contributed by atoms with Gasteiger partial charge in [-0.05, 0) is 52.2 Å². The predicted molar refractivity (Wildman–Crippen MR) is 100 cm³/mol. The van der Waals surface area contributed by atoms with Crippen LogP contribution < -0.4 is 10.6 Å². The maximum Gasteiger partial charge on any atom is 0.191 e. The van der Waals surface area contributed by atoms with Gasteiger partial charge in [0.2, 0.25) is 0 Å². The van der Waals surface area contributed by atoms with E-state index >= 15 is 0 Å². The molecule has 5 nitrogen and oxygen atoms in total. The van der Waals surface area contributed by atoms with Crippen molar-refractivity contribution in [3.63, 3.8) is 0 Å². The molecule has 130 valence electrons. The van der Waals surface area contributed by atoms with Crippen LogP contribution in [-0.2, 0) is 6.54 Å². The molecule has 23 heavy (non-hydrogen) atoms. The zero-order chi connectivity index (χ0) is 16.5. The van der Waals surface area contributed by atoms with Crippen LogP contribution in [0.15, 0.2) is 17.4 Å². The normalized spacial score (nSPS) is 21.6. The highest BCUT2D eigenvalue weighted by atomic mass is 32.2. The number of hydrogen-bond acceptors (Lipinski definition) is 3. The predicted octanol–water partition coefficient (Wildman–Crippen LogP) is 2.81. The summed E-state index contributed by atoms with van der Waals surface area (Å²) >= 11 is 1.99. The molecule has 1 aliphatic carbocycles. The number of imidazole rings is 1. The number of thioether (sulfide) groups is 1. The fourth-order valence-electron chi connectivity index (χ4n) is 3.02. The largest absolute Gasteiger partial charge is 0.357 e. The van der Waals surface area contributed by atoms with E-state index in [1.807, 2.05) is 24.2 Å². The van der Waals surface area contributed by atoms with E-state index in [0.717, 1.165) is 49.5 Å². The number of aryl methyl sites for hydroxylation is 2. The minimum atomic E-state index is 0.582. The van der Waals surface area contributed by atoms with Crippen molar-refractivity contribution in [1.82, 2.24) is 20.2 Å². The van der Waals surface area contributed by atoms with E-state index in [2.05, 4.69) is 40.3 Å². The van der Waals surface area contributed by atoms with Crippen molar-refractivity contribution in [2.45, 2.75) is 63.8 Å². The molecule has 0 saturated heterocycles. The Labute approximate surface area is 144 Å². The fourth-order valence-corrected chi connectivity index (χ4v) is 3.82. The molecular weight excluding hydrogens is 306 g/mol. The highest BCUT2D eigenvalue weighted by molar-refractivity contribution is 7.99. The minimum absolute atomic E-state index is 0.582. The first-order valence-electron chi connectivity index (χ1n) is 8.78. The van der Waals surface area contributed by atoms with Gasteiger partial charge in [0.05, 0.1) is 0 Å². The number of hydrogen-bond donors (Lipinski definition) is 2. The fraction of sp³-hybridized carbons (Fsp3) is 0.765. The van der Waals surface area contributed by atoms with Gasteiger partial charge in [-0.1, -0.05) is 0 Å². The lowest BCUT2D eigenvalue weighted by Crippen LogP contribution is -2.42. The Balaban J connectivity index is 1.70. The van der Waals surface area contributed by atoms with Gasteiger partial charge in [0, 0.05) is 43.3 Å². The van der Waals surface area contributed by atoms with Crippen LogP contribution in [0.5, 0.6) is 0 Å². The quantitative estimate of drug-likeness (QED) is 0.435. The summed E-state index contributed by atoms with van der Waals surface area (Å²) in [6.07, 6.45) is 12.2. The summed E-state index contributed by atoms with van der Waals surface area (Å²) in [5, 5.41) is 7.79. The SMILES string of the molecule is CCNC(=NCCCCn1ccnc1C)NC1CCC(SC)C1. The van der Waals surface area contributed by atoms with E-state index in [-0.39, 0.29) is 0 Å². The third-order valence-corrected chi connectivity index (χ3v) is 5.50. The number of aromatic nitrogens is 2. The molecule has 0 spiro atoms. The van der Waals surface area contributed by atoms with Crippen molar-refractivity contribution in [1.29, 1.82) is 0 Å². The Kier molecular flexibility index (Phi) is 7.79. The summed E-state index contributed by atoms with van der Waals surface area (Å²) in [7, 11) is 0. The van der Waals surface area contributed by atoms with Crippen LogP contribution in [-0.4, -0.2) is 46.1 Å². The van der Waals surface area contributed by atoms with Crippen LogP contribution in [0.25, 0.3) is 0 Å². The highest BCUT2D eigenvalue weighted by Crippen LogP contribution is 2.27. The molecular formula is C17H31N5S. The van der Waals surface area contributed by atoms with E-state index in [1.165, 1.54) is 19.3 Å². The Morgan fingerprint density at radius 1 is 1.43 bits per heavy atom. The molecule has 2 N–H and O–H groups in total. The Bertz CT molecular complexity index is 485. The second kappa shape index (κ2) is 9.85. The summed E-state index contributed by atoms with van der Waals surface area (Å²) in [5.41, 5.74) is 0. The molecule has 2 rings (SSSR count). The average molecular weight is 338 g/mol. The molecule has 2 atom stereocenters. The van der Waals surface area contributed by atoms with Crippen molar-refractivity contribution in [2.24, 2.45) is 4.99 Å². The number of guanidine groups is 1. The minimum Gasteiger partial charge on any atom is -0.357 e. The molecule has 1 fully saturated rings. The smallest absolute Gasteiger partial charge is 0.191 e. The van der Waals surface area contributed by atoms with Gasteiger partial charge in [-0.25, -0.2) is 4.98 Å². The first kappa shape index (κ1) is 18.2. The molecule has 2 unspecified atom stereocenters. The van der Waals surface area contributed by atoms with Crippen molar-refractivity contribution in [3.8, 4) is 0 Å². The van der Waals surface area contributed by atoms with Crippen LogP contribution in [0.1, 0.15) is 44.9 Å². The lowest BCUT2D eigenvalue weighted by molar-refractivity contribution is 0.593. The molecule has 0 radical (unpaired) electrons. The Hall–Kier alpha value is -1.17. The van der Waals surface area contributed by atoms with Crippen molar-refractivity contribution >= 4 is 17.7 Å². The second-order valence-corrected chi connectivity index (χ2v) is 7.29. The molecule has 0 amide bonds. The molecule has 0 aromatic carbocycles. The van der Waals surface area contributed by atoms with Crippen LogP contribution in [0.2, 0.25) is 0 Å². The van der Waals surface area contributed by atoms with Crippen molar-refractivity contribution < 1.29 is 0 Å². The van der Waals surface area contributed by atoms with Gasteiger partial charge in [-0.2, -0.15) is 11.8 Å². The van der Waals surface area contributed by atoms with Gasteiger partial charge in [0.25, 0.3) is 0 Å². The van der Waals surface area contributed by atoms with Crippen LogP contribution in [0, 0.1) is 6.92 Å². The van der Waals surface area contributed by atoms with Crippen molar-refractivity contribution in [2.75, 3.05) is 19.3 Å². The molecule has 1 saturated carbocycles. The summed E-state index contributed by atoms with van der Waals surface area (Å²) in [6.45, 7) is 7.00. The number of unbranched alkanes of at least 4 members (excludes halogenated alkanes) is 1. The second-order valence-electron chi connectivity index (χ2n) is 6.15. The lowest BCUT2D eigenvalue weighted by Gasteiger charge is -2.17. The third kappa shape index (κ3) is 6.09. The molecule has 1 aliphatic rings. The van der Waals surface area contributed by atoms with Crippen LogP contribution in [0.3, 0.4) is 0 Å². The Morgan fingerprint density at radius 3 is 2.96 bits per heavy atom. The van der Waals surface area contributed by atoms with Gasteiger partial charge in [0.15, 0.2) is 5.96 Å². The molecule has 1 aromatic heterocycles. The maximum atomic E-state index is 4.73. The van der Waals surface area contributed by atoms with Gasteiger partial charge in [-0.15, -0.1) is 0 Å².